The highest BCUT2D eigenvalue weighted by Crippen LogP contribution is 2.24. The molecular formula is C21H28N2O3. The first-order valence-corrected chi connectivity index (χ1v) is 9.03. The van der Waals surface area contributed by atoms with Crippen LogP contribution in [0.15, 0.2) is 42.5 Å². The third-order valence-corrected chi connectivity index (χ3v) is 4.38. The number of benzene rings is 2. The number of ether oxygens (including phenoxy) is 1. The first-order chi connectivity index (χ1) is 12.7. The molecule has 2 aromatic rings. The third kappa shape index (κ3) is 6.08. The molecule has 5 nitrogen and oxygen atoms in total. The van der Waals surface area contributed by atoms with Gasteiger partial charge in [-0.25, -0.2) is 0 Å². The van der Waals surface area contributed by atoms with Gasteiger partial charge in [0.15, 0.2) is 0 Å². The zero-order valence-corrected chi connectivity index (χ0v) is 15.6. The van der Waals surface area contributed by atoms with E-state index >= 15 is 0 Å². The van der Waals surface area contributed by atoms with Crippen molar-refractivity contribution < 1.29 is 14.6 Å². The Labute approximate surface area is 155 Å². The van der Waals surface area contributed by atoms with Crippen LogP contribution < -0.4 is 10.1 Å². The van der Waals surface area contributed by atoms with Gasteiger partial charge < -0.3 is 20.1 Å². The zero-order valence-electron chi connectivity index (χ0n) is 15.6. The first-order valence-electron chi connectivity index (χ1n) is 9.03. The Hall–Kier alpha value is -2.53. The molecule has 0 saturated carbocycles. The summed E-state index contributed by atoms with van der Waals surface area (Å²) in [6.45, 7) is 5.15. The molecule has 0 unspecified atom stereocenters. The Kier molecular flexibility index (Phi) is 7.96. The van der Waals surface area contributed by atoms with Crippen molar-refractivity contribution >= 4 is 12.1 Å². The van der Waals surface area contributed by atoms with Crippen molar-refractivity contribution in [3.63, 3.8) is 0 Å². The predicted molar refractivity (Wildman–Crippen MR) is 105 cm³/mol. The number of anilines is 1. The van der Waals surface area contributed by atoms with Gasteiger partial charge in [0, 0.05) is 13.1 Å². The van der Waals surface area contributed by atoms with Gasteiger partial charge in [0.25, 0.3) is 0 Å². The Morgan fingerprint density at radius 3 is 2.46 bits per heavy atom. The second kappa shape index (κ2) is 10.5. The number of amides is 1. The Morgan fingerprint density at radius 1 is 1.08 bits per heavy atom. The molecule has 2 rings (SSSR count). The van der Waals surface area contributed by atoms with E-state index in [2.05, 4.69) is 29.3 Å². The molecule has 0 radical (unpaired) electrons. The number of aromatic hydroxyl groups is 1. The predicted octanol–water partition coefficient (Wildman–Crippen LogP) is 3.47. The lowest BCUT2D eigenvalue weighted by atomic mass is 10.1. The van der Waals surface area contributed by atoms with E-state index in [4.69, 9.17) is 4.74 Å². The normalized spacial score (nSPS) is 10.7. The average Bonchev–Trinajstić information content (AvgIpc) is 2.66. The van der Waals surface area contributed by atoms with Crippen LogP contribution >= 0.6 is 0 Å². The second-order valence-electron chi connectivity index (χ2n) is 6.31. The molecule has 0 aliphatic rings. The molecule has 26 heavy (non-hydrogen) atoms. The van der Waals surface area contributed by atoms with Crippen LogP contribution in [0.5, 0.6) is 11.5 Å². The number of phenols is 1. The van der Waals surface area contributed by atoms with E-state index in [1.807, 2.05) is 24.3 Å². The number of nitrogens with one attached hydrogen (secondary N) is 1. The number of hydrogen-bond acceptors (Lipinski definition) is 4. The van der Waals surface area contributed by atoms with Gasteiger partial charge in [0.1, 0.15) is 11.5 Å². The van der Waals surface area contributed by atoms with Crippen LogP contribution in [0.3, 0.4) is 0 Å². The lowest BCUT2D eigenvalue weighted by Gasteiger charge is -2.22. The van der Waals surface area contributed by atoms with E-state index in [1.165, 1.54) is 5.56 Å². The zero-order chi connectivity index (χ0) is 18.8. The van der Waals surface area contributed by atoms with Crippen LogP contribution in [-0.4, -0.2) is 43.2 Å². The highest BCUT2D eigenvalue weighted by atomic mass is 16.5. The number of nitrogens with zero attached hydrogens (tertiary/aromatic N) is 1. The second-order valence-corrected chi connectivity index (χ2v) is 6.31. The summed E-state index contributed by atoms with van der Waals surface area (Å²) in [5.74, 6) is 0.980. The van der Waals surface area contributed by atoms with Gasteiger partial charge in [-0.1, -0.05) is 25.1 Å². The van der Waals surface area contributed by atoms with E-state index < -0.39 is 0 Å². The van der Waals surface area contributed by atoms with Crippen LogP contribution in [-0.2, 0) is 17.6 Å². The Balaban J connectivity index is 1.93. The van der Waals surface area contributed by atoms with Gasteiger partial charge in [-0.15, -0.1) is 0 Å². The number of hydrogen-bond donors (Lipinski definition) is 2. The summed E-state index contributed by atoms with van der Waals surface area (Å²) in [4.78, 5) is 13.1. The maximum atomic E-state index is 10.6. The first kappa shape index (κ1) is 19.8. The quantitative estimate of drug-likeness (QED) is 0.478. The number of methoxy groups -OCH3 is 1. The minimum absolute atomic E-state index is 0.0873. The summed E-state index contributed by atoms with van der Waals surface area (Å²) < 4.78 is 5.29. The molecule has 0 saturated heterocycles. The topological polar surface area (TPSA) is 61.8 Å². The van der Waals surface area contributed by atoms with Crippen molar-refractivity contribution in [3.05, 3.63) is 53.6 Å². The SMILES string of the molecule is CCCN(CCc1cccc(OC)c1)CCc1ccc(O)c(NC=O)c1. The molecule has 0 bridgehead atoms. The van der Waals surface area contributed by atoms with E-state index in [9.17, 15) is 9.90 Å². The highest BCUT2D eigenvalue weighted by molar-refractivity contribution is 5.75. The molecule has 0 aliphatic carbocycles. The van der Waals surface area contributed by atoms with Crippen LogP contribution in [0, 0.1) is 0 Å². The van der Waals surface area contributed by atoms with Gasteiger partial charge in [-0.3, -0.25) is 4.79 Å². The van der Waals surface area contributed by atoms with Gasteiger partial charge in [-0.2, -0.15) is 0 Å². The van der Waals surface area contributed by atoms with E-state index in [-0.39, 0.29) is 5.75 Å². The summed E-state index contributed by atoms with van der Waals surface area (Å²) >= 11 is 0. The molecule has 0 fully saturated rings. The number of carbonyl (C=O) groups excluding carboxylic acids is 1. The minimum atomic E-state index is 0.0873. The number of rotatable bonds is 11. The third-order valence-electron chi connectivity index (χ3n) is 4.38. The largest absolute Gasteiger partial charge is 0.506 e. The van der Waals surface area contributed by atoms with Crippen LogP contribution in [0.4, 0.5) is 5.69 Å². The highest BCUT2D eigenvalue weighted by Gasteiger charge is 2.07. The smallest absolute Gasteiger partial charge is 0.211 e. The lowest BCUT2D eigenvalue weighted by molar-refractivity contribution is -0.105. The van der Waals surface area contributed by atoms with Crippen molar-refractivity contribution in [2.45, 2.75) is 26.2 Å². The molecule has 0 heterocycles. The summed E-state index contributed by atoms with van der Waals surface area (Å²) in [6, 6.07) is 13.6. The van der Waals surface area contributed by atoms with Crippen LogP contribution in [0.25, 0.3) is 0 Å². The van der Waals surface area contributed by atoms with Crippen molar-refractivity contribution in [2.75, 3.05) is 32.1 Å². The fourth-order valence-corrected chi connectivity index (χ4v) is 2.97. The molecule has 5 heteroatoms. The number of carbonyl (C=O) groups is 1. The van der Waals surface area contributed by atoms with Gasteiger partial charge in [-0.05, 0) is 61.2 Å². The van der Waals surface area contributed by atoms with Crippen LogP contribution in [0.2, 0.25) is 0 Å². The summed E-state index contributed by atoms with van der Waals surface area (Å²) in [7, 11) is 1.69. The Morgan fingerprint density at radius 2 is 1.81 bits per heavy atom. The standard InChI is InChI=1S/C21H28N2O3/c1-3-11-23(12-9-17-5-4-6-19(14-17)26-2)13-10-18-7-8-21(25)20(15-18)22-16-24/h4-8,14-16,25H,3,9-13H2,1-2H3,(H,22,24). The maximum absolute atomic E-state index is 10.6. The molecule has 2 N–H and O–H groups in total. The lowest BCUT2D eigenvalue weighted by Crippen LogP contribution is -2.29. The van der Waals surface area contributed by atoms with E-state index in [0.717, 1.165) is 50.2 Å². The molecule has 0 aliphatic heterocycles. The van der Waals surface area contributed by atoms with Crippen molar-refractivity contribution in [1.29, 1.82) is 0 Å². The van der Waals surface area contributed by atoms with Crippen molar-refractivity contribution in [3.8, 4) is 11.5 Å². The number of phenolic OH excluding ortho intramolecular Hbond substituents is 1. The molecule has 140 valence electrons. The molecule has 0 spiro atoms. The Bertz CT molecular complexity index is 703. The van der Waals surface area contributed by atoms with Gasteiger partial charge in [0.05, 0.1) is 12.8 Å². The summed E-state index contributed by atoms with van der Waals surface area (Å²) in [5.41, 5.74) is 2.82. The fraction of sp³-hybridized carbons (Fsp3) is 0.381. The monoisotopic (exact) mass is 356 g/mol. The van der Waals surface area contributed by atoms with Gasteiger partial charge in [0.2, 0.25) is 6.41 Å². The van der Waals surface area contributed by atoms with E-state index in [0.29, 0.717) is 12.1 Å². The molecule has 0 atom stereocenters. The van der Waals surface area contributed by atoms with Crippen molar-refractivity contribution in [1.82, 2.24) is 4.90 Å². The molecule has 1 amide bonds. The molecular weight excluding hydrogens is 328 g/mol. The minimum Gasteiger partial charge on any atom is -0.506 e. The summed E-state index contributed by atoms with van der Waals surface area (Å²) in [6.07, 6.45) is 3.53. The summed E-state index contributed by atoms with van der Waals surface area (Å²) in [5, 5.41) is 12.3. The fourth-order valence-electron chi connectivity index (χ4n) is 2.97. The van der Waals surface area contributed by atoms with Gasteiger partial charge >= 0.3 is 0 Å². The average molecular weight is 356 g/mol. The van der Waals surface area contributed by atoms with Crippen LogP contribution in [0.1, 0.15) is 24.5 Å². The van der Waals surface area contributed by atoms with Crippen molar-refractivity contribution in [2.24, 2.45) is 0 Å². The molecule has 2 aromatic carbocycles. The van der Waals surface area contributed by atoms with E-state index in [1.54, 1.807) is 13.2 Å². The molecule has 0 aromatic heterocycles. The maximum Gasteiger partial charge on any atom is 0.211 e.